The van der Waals surface area contributed by atoms with Crippen molar-refractivity contribution in [2.75, 3.05) is 0 Å². The molecule has 20 heavy (non-hydrogen) atoms. The van der Waals surface area contributed by atoms with Crippen LogP contribution in [-0.4, -0.2) is 43.0 Å². The molecule has 1 aliphatic carbocycles. The molecular weight excluding hydrogens is 278 g/mol. The van der Waals surface area contributed by atoms with Gasteiger partial charge in [-0.3, -0.25) is 14.4 Å². The molecule has 3 rings (SSSR count). The lowest BCUT2D eigenvalue weighted by Crippen LogP contribution is -2.44. The van der Waals surface area contributed by atoms with Gasteiger partial charge >= 0.3 is 6.09 Å². The second-order valence-corrected chi connectivity index (χ2v) is 6.76. The minimum Gasteiger partial charge on any atom is -0.465 e. The lowest BCUT2D eigenvalue weighted by Gasteiger charge is -2.32. The molecule has 1 aliphatic heterocycles. The number of rotatable bonds is 2. The van der Waals surface area contributed by atoms with Gasteiger partial charge in [0.15, 0.2) is 0 Å². The van der Waals surface area contributed by atoms with Crippen LogP contribution in [0.5, 0.6) is 0 Å². The number of carbonyl (C=O) groups is 2. The van der Waals surface area contributed by atoms with Crippen molar-refractivity contribution in [1.82, 2.24) is 14.7 Å². The SMILES string of the molecule is C[C@H]1Cn2ncc(SC3CCC(=O)C3)c2CN1C(=O)O. The van der Waals surface area contributed by atoms with Crippen LogP contribution in [0.3, 0.4) is 0 Å². The Kier molecular flexibility index (Phi) is 3.45. The maximum absolute atomic E-state index is 11.3. The number of nitrogens with zero attached hydrogens (tertiary/aromatic N) is 3. The first-order chi connectivity index (χ1) is 9.54. The first kappa shape index (κ1) is 13.5. The van der Waals surface area contributed by atoms with E-state index in [0.29, 0.717) is 37.0 Å². The molecule has 1 aromatic heterocycles. The zero-order valence-corrected chi connectivity index (χ0v) is 12.1. The van der Waals surface area contributed by atoms with Gasteiger partial charge in [0.25, 0.3) is 0 Å². The van der Waals surface area contributed by atoms with Crippen molar-refractivity contribution in [2.45, 2.75) is 55.5 Å². The number of Topliss-reactive ketones (excluding diaryl/α,β-unsaturated/α-hetero) is 1. The third-order valence-corrected chi connectivity index (χ3v) is 5.27. The minimum absolute atomic E-state index is 0.0641. The van der Waals surface area contributed by atoms with Crippen LogP contribution in [-0.2, 0) is 17.9 Å². The van der Waals surface area contributed by atoms with Crippen LogP contribution in [0, 0.1) is 0 Å². The van der Waals surface area contributed by atoms with E-state index in [4.69, 9.17) is 0 Å². The molecule has 1 amide bonds. The van der Waals surface area contributed by atoms with Gasteiger partial charge in [0.2, 0.25) is 0 Å². The van der Waals surface area contributed by atoms with Crippen molar-refractivity contribution in [3.05, 3.63) is 11.9 Å². The lowest BCUT2D eigenvalue weighted by molar-refractivity contribution is -0.117. The molecule has 0 spiro atoms. The number of aromatic nitrogens is 2. The molecule has 2 atom stereocenters. The highest BCUT2D eigenvalue weighted by atomic mass is 32.2. The number of ketones is 1. The first-order valence-corrected chi connectivity index (χ1v) is 7.65. The molecule has 0 radical (unpaired) electrons. The highest BCUT2D eigenvalue weighted by Crippen LogP contribution is 2.36. The predicted molar refractivity (Wildman–Crippen MR) is 73.8 cm³/mol. The number of thioether (sulfide) groups is 1. The van der Waals surface area contributed by atoms with Gasteiger partial charge in [-0.05, 0) is 13.3 Å². The van der Waals surface area contributed by atoms with Crippen molar-refractivity contribution >= 4 is 23.6 Å². The zero-order chi connectivity index (χ0) is 14.3. The summed E-state index contributed by atoms with van der Waals surface area (Å²) < 4.78 is 1.89. The summed E-state index contributed by atoms with van der Waals surface area (Å²) in [6.45, 7) is 2.85. The number of carboxylic acid groups (broad SMARTS) is 1. The van der Waals surface area contributed by atoms with Crippen LogP contribution in [0.25, 0.3) is 0 Å². The quantitative estimate of drug-likeness (QED) is 0.903. The Balaban J connectivity index is 1.78. The van der Waals surface area contributed by atoms with Gasteiger partial charge in [-0.1, -0.05) is 0 Å². The van der Waals surface area contributed by atoms with Crippen molar-refractivity contribution < 1.29 is 14.7 Å². The molecule has 0 aromatic carbocycles. The fraction of sp³-hybridized carbons (Fsp3) is 0.615. The van der Waals surface area contributed by atoms with E-state index >= 15 is 0 Å². The second kappa shape index (κ2) is 5.12. The summed E-state index contributed by atoms with van der Waals surface area (Å²) in [6, 6.07) is -0.0641. The molecule has 1 unspecified atom stereocenters. The van der Waals surface area contributed by atoms with E-state index in [1.807, 2.05) is 11.6 Å². The highest BCUT2D eigenvalue weighted by Gasteiger charge is 2.31. The molecule has 1 aromatic rings. The van der Waals surface area contributed by atoms with Gasteiger partial charge in [-0.25, -0.2) is 4.79 Å². The van der Waals surface area contributed by atoms with Crippen LogP contribution in [0.2, 0.25) is 0 Å². The summed E-state index contributed by atoms with van der Waals surface area (Å²) in [6.07, 6.45) is 3.11. The standard InChI is InChI=1S/C13H17N3O3S/c1-8-6-16-11(7-15(8)13(18)19)12(5-14-16)20-10-3-2-9(17)4-10/h5,8,10H,2-4,6-7H2,1H3,(H,18,19)/t8-,10?/m0/s1. The minimum atomic E-state index is -0.892. The molecular formula is C13H17N3O3S. The smallest absolute Gasteiger partial charge is 0.407 e. The van der Waals surface area contributed by atoms with E-state index in [-0.39, 0.29) is 6.04 Å². The Morgan fingerprint density at radius 2 is 2.35 bits per heavy atom. The van der Waals surface area contributed by atoms with E-state index in [1.54, 1.807) is 18.0 Å². The number of hydrogen-bond donors (Lipinski definition) is 1. The Morgan fingerprint density at radius 3 is 3.00 bits per heavy atom. The van der Waals surface area contributed by atoms with Crippen molar-refractivity contribution in [3.8, 4) is 0 Å². The molecule has 2 aliphatic rings. The van der Waals surface area contributed by atoms with E-state index in [2.05, 4.69) is 5.10 Å². The van der Waals surface area contributed by atoms with E-state index in [0.717, 1.165) is 17.0 Å². The average Bonchev–Trinajstić information content (AvgIpc) is 2.96. The van der Waals surface area contributed by atoms with Crippen LogP contribution >= 0.6 is 11.8 Å². The Morgan fingerprint density at radius 1 is 1.55 bits per heavy atom. The zero-order valence-electron chi connectivity index (χ0n) is 11.3. The van der Waals surface area contributed by atoms with Gasteiger partial charge in [0.05, 0.1) is 35.9 Å². The average molecular weight is 295 g/mol. The summed E-state index contributed by atoms with van der Waals surface area (Å²) in [5.41, 5.74) is 0.954. The van der Waals surface area contributed by atoms with E-state index in [9.17, 15) is 14.7 Å². The molecule has 1 fully saturated rings. The molecule has 1 N–H and O–H groups in total. The monoisotopic (exact) mass is 295 g/mol. The highest BCUT2D eigenvalue weighted by molar-refractivity contribution is 8.00. The number of carbonyl (C=O) groups excluding carboxylic acids is 1. The second-order valence-electron chi connectivity index (χ2n) is 5.42. The summed E-state index contributed by atoms with van der Waals surface area (Å²) in [7, 11) is 0. The summed E-state index contributed by atoms with van der Waals surface area (Å²) >= 11 is 1.67. The molecule has 6 nitrogen and oxygen atoms in total. The van der Waals surface area contributed by atoms with Gasteiger partial charge in [0, 0.05) is 18.1 Å². The largest absolute Gasteiger partial charge is 0.465 e. The van der Waals surface area contributed by atoms with Gasteiger partial charge in [-0.15, -0.1) is 11.8 Å². The maximum Gasteiger partial charge on any atom is 0.407 e. The van der Waals surface area contributed by atoms with Crippen LogP contribution in [0.4, 0.5) is 4.79 Å². The Hall–Kier alpha value is -1.50. The third kappa shape index (κ3) is 2.42. The Labute approximate surface area is 121 Å². The summed E-state index contributed by atoms with van der Waals surface area (Å²) in [5, 5.41) is 13.9. The number of amides is 1. The van der Waals surface area contributed by atoms with Crippen molar-refractivity contribution in [1.29, 1.82) is 0 Å². The maximum atomic E-state index is 11.3. The topological polar surface area (TPSA) is 75.4 Å². The van der Waals surface area contributed by atoms with E-state index < -0.39 is 6.09 Å². The van der Waals surface area contributed by atoms with Crippen LogP contribution in [0.1, 0.15) is 31.9 Å². The van der Waals surface area contributed by atoms with Gasteiger partial charge in [0.1, 0.15) is 5.78 Å². The van der Waals surface area contributed by atoms with E-state index in [1.165, 1.54) is 4.90 Å². The third-order valence-electron chi connectivity index (χ3n) is 3.94. The summed E-state index contributed by atoms with van der Waals surface area (Å²) in [5.74, 6) is 0.323. The molecule has 1 saturated carbocycles. The number of hydrogen-bond acceptors (Lipinski definition) is 4. The fourth-order valence-corrected chi connectivity index (χ4v) is 4.07. The van der Waals surface area contributed by atoms with Crippen LogP contribution in [0.15, 0.2) is 11.1 Å². The normalized spacial score (nSPS) is 25.9. The molecule has 0 bridgehead atoms. The van der Waals surface area contributed by atoms with Gasteiger partial charge in [-0.2, -0.15) is 5.10 Å². The number of fused-ring (bicyclic) bond motifs is 1. The molecule has 0 saturated heterocycles. The van der Waals surface area contributed by atoms with Crippen molar-refractivity contribution in [2.24, 2.45) is 0 Å². The Bertz CT molecular complexity index is 557. The molecule has 7 heteroatoms. The molecule has 2 heterocycles. The van der Waals surface area contributed by atoms with Gasteiger partial charge < -0.3 is 5.11 Å². The van der Waals surface area contributed by atoms with Crippen LogP contribution < -0.4 is 0 Å². The summed E-state index contributed by atoms with van der Waals surface area (Å²) in [4.78, 5) is 25.0. The first-order valence-electron chi connectivity index (χ1n) is 6.77. The lowest BCUT2D eigenvalue weighted by atomic mass is 10.2. The fourth-order valence-electron chi connectivity index (χ4n) is 2.79. The predicted octanol–water partition coefficient (Wildman–Crippen LogP) is 1.98. The van der Waals surface area contributed by atoms with Crippen molar-refractivity contribution in [3.63, 3.8) is 0 Å². The molecule has 108 valence electrons.